The first-order chi connectivity index (χ1) is 29.3. The van der Waals surface area contributed by atoms with Crippen LogP contribution in [0.4, 0.5) is 17.1 Å². The second kappa shape index (κ2) is 13.4. The number of nitrogens with zero attached hydrogens (tertiary/aromatic N) is 2. The highest BCUT2D eigenvalue weighted by atomic mass is 16.3. The van der Waals surface area contributed by atoms with Gasteiger partial charge in [0.1, 0.15) is 11.2 Å². The number of fused-ring (bicyclic) bond motifs is 9. The Morgan fingerprint density at radius 2 is 0.966 bits per heavy atom. The molecule has 276 valence electrons. The van der Waals surface area contributed by atoms with Crippen molar-refractivity contribution in [3.8, 4) is 27.9 Å². The second-order valence-electron chi connectivity index (χ2n) is 15.3. The Hall–Kier alpha value is -7.88. The van der Waals surface area contributed by atoms with Crippen LogP contribution in [-0.4, -0.2) is 4.57 Å². The SMILES string of the molecule is c1ccc(-c2cccc3cccc(-c4ccc(N(c5ccc6oc7ccc8ccccc8c7c6c5)c5cccc6c5c5ccccc5n6-c5ccccc5)cc4)c23)cc1. The zero-order chi connectivity index (χ0) is 38.9. The molecule has 0 aliphatic carbocycles. The zero-order valence-corrected chi connectivity index (χ0v) is 32.1. The van der Waals surface area contributed by atoms with Crippen LogP contribution in [0.5, 0.6) is 0 Å². The molecule has 12 rings (SSSR count). The van der Waals surface area contributed by atoms with Crippen LogP contribution in [0.1, 0.15) is 0 Å². The minimum atomic E-state index is 0.875. The van der Waals surface area contributed by atoms with E-state index in [9.17, 15) is 0 Å². The predicted molar refractivity (Wildman–Crippen MR) is 249 cm³/mol. The first-order valence-electron chi connectivity index (χ1n) is 20.2. The van der Waals surface area contributed by atoms with Crippen molar-refractivity contribution in [1.82, 2.24) is 4.57 Å². The van der Waals surface area contributed by atoms with E-state index in [4.69, 9.17) is 4.42 Å². The van der Waals surface area contributed by atoms with Gasteiger partial charge >= 0.3 is 0 Å². The molecule has 0 aliphatic rings. The van der Waals surface area contributed by atoms with Crippen LogP contribution < -0.4 is 4.90 Å². The second-order valence-corrected chi connectivity index (χ2v) is 15.3. The summed E-state index contributed by atoms with van der Waals surface area (Å²) in [5, 5.41) is 9.50. The number of rotatable bonds is 6. The molecule has 0 saturated heterocycles. The number of benzene rings is 10. The fraction of sp³-hybridized carbons (Fsp3) is 0. The highest BCUT2D eigenvalue weighted by Crippen LogP contribution is 2.46. The average Bonchev–Trinajstić information content (AvgIpc) is 3.86. The molecule has 0 amide bonds. The van der Waals surface area contributed by atoms with Gasteiger partial charge in [-0.1, -0.05) is 152 Å². The molecule has 10 aromatic carbocycles. The van der Waals surface area contributed by atoms with Crippen LogP contribution in [-0.2, 0) is 0 Å². The Kier molecular flexibility index (Phi) is 7.54. The number of hydrogen-bond acceptors (Lipinski definition) is 2. The minimum absolute atomic E-state index is 0.875. The maximum atomic E-state index is 6.51. The normalized spacial score (nSPS) is 11.7. The number of hydrogen-bond donors (Lipinski definition) is 0. The largest absolute Gasteiger partial charge is 0.456 e. The molecule has 59 heavy (non-hydrogen) atoms. The summed E-state index contributed by atoms with van der Waals surface area (Å²) in [7, 11) is 0. The summed E-state index contributed by atoms with van der Waals surface area (Å²) in [6.45, 7) is 0. The van der Waals surface area contributed by atoms with Crippen molar-refractivity contribution in [1.29, 1.82) is 0 Å². The Balaban J connectivity index is 1.10. The summed E-state index contributed by atoms with van der Waals surface area (Å²) in [6.07, 6.45) is 0. The van der Waals surface area contributed by atoms with Crippen molar-refractivity contribution < 1.29 is 4.42 Å². The molecule has 0 spiro atoms. The maximum absolute atomic E-state index is 6.51. The molecule has 3 nitrogen and oxygen atoms in total. The van der Waals surface area contributed by atoms with E-state index in [-0.39, 0.29) is 0 Å². The van der Waals surface area contributed by atoms with Crippen LogP contribution in [0, 0.1) is 0 Å². The van der Waals surface area contributed by atoms with E-state index in [1.807, 2.05) is 0 Å². The van der Waals surface area contributed by atoms with Crippen LogP contribution in [0.25, 0.3) is 93.2 Å². The van der Waals surface area contributed by atoms with Gasteiger partial charge in [0.15, 0.2) is 0 Å². The lowest BCUT2D eigenvalue weighted by Crippen LogP contribution is -2.10. The van der Waals surface area contributed by atoms with E-state index in [0.29, 0.717) is 0 Å². The molecular weight excluding hydrogens is 717 g/mol. The molecule has 0 atom stereocenters. The first kappa shape index (κ1) is 33.3. The van der Waals surface area contributed by atoms with Gasteiger partial charge in [-0.05, 0) is 111 Å². The monoisotopic (exact) mass is 752 g/mol. The minimum Gasteiger partial charge on any atom is -0.456 e. The lowest BCUT2D eigenvalue weighted by molar-refractivity contribution is 0.669. The van der Waals surface area contributed by atoms with Crippen molar-refractivity contribution in [3.63, 3.8) is 0 Å². The van der Waals surface area contributed by atoms with Crippen LogP contribution in [0.2, 0.25) is 0 Å². The van der Waals surface area contributed by atoms with Gasteiger partial charge in [0, 0.05) is 38.6 Å². The molecule has 0 radical (unpaired) electrons. The summed E-state index contributed by atoms with van der Waals surface area (Å²) in [4.78, 5) is 2.43. The Labute approximate surface area is 341 Å². The number of aromatic nitrogens is 1. The lowest BCUT2D eigenvalue weighted by Gasteiger charge is -2.27. The topological polar surface area (TPSA) is 21.3 Å². The Morgan fingerprint density at radius 1 is 0.356 bits per heavy atom. The van der Waals surface area contributed by atoms with Gasteiger partial charge in [-0.25, -0.2) is 0 Å². The van der Waals surface area contributed by atoms with E-state index in [1.165, 1.54) is 60.1 Å². The van der Waals surface area contributed by atoms with Gasteiger partial charge in [-0.3, -0.25) is 0 Å². The molecule has 0 aliphatic heterocycles. The molecule has 0 bridgehead atoms. The van der Waals surface area contributed by atoms with E-state index in [1.54, 1.807) is 0 Å². The van der Waals surface area contributed by atoms with Crippen molar-refractivity contribution >= 4 is 82.4 Å². The predicted octanol–water partition coefficient (Wildman–Crippen LogP) is 15.8. The molecule has 0 fully saturated rings. The van der Waals surface area contributed by atoms with E-state index in [2.05, 4.69) is 228 Å². The Morgan fingerprint density at radius 3 is 1.76 bits per heavy atom. The van der Waals surface area contributed by atoms with Crippen molar-refractivity contribution in [2.24, 2.45) is 0 Å². The van der Waals surface area contributed by atoms with Crippen molar-refractivity contribution in [2.75, 3.05) is 4.90 Å². The van der Waals surface area contributed by atoms with E-state index >= 15 is 0 Å². The zero-order valence-electron chi connectivity index (χ0n) is 32.1. The summed E-state index contributed by atoms with van der Waals surface area (Å²) >= 11 is 0. The summed E-state index contributed by atoms with van der Waals surface area (Å²) < 4.78 is 8.89. The molecule has 0 saturated carbocycles. The van der Waals surface area contributed by atoms with E-state index in [0.717, 1.165) is 50.2 Å². The first-order valence-corrected chi connectivity index (χ1v) is 20.2. The molecular formula is C56H36N2O. The fourth-order valence-corrected chi connectivity index (χ4v) is 9.37. The van der Waals surface area contributed by atoms with Crippen LogP contribution in [0.3, 0.4) is 0 Å². The molecule has 12 aromatic rings. The number of anilines is 3. The third-order valence-electron chi connectivity index (χ3n) is 12.0. The van der Waals surface area contributed by atoms with Crippen molar-refractivity contribution in [2.45, 2.75) is 0 Å². The van der Waals surface area contributed by atoms with Gasteiger partial charge < -0.3 is 13.9 Å². The smallest absolute Gasteiger partial charge is 0.136 e. The van der Waals surface area contributed by atoms with Crippen LogP contribution >= 0.6 is 0 Å². The standard InChI is InChI=1S/C56H36N2O/c1-3-14-37(15-4-1)44-23-11-17-40-18-12-24-45(54(40)44)39-28-31-42(32-29-39)57(43-33-35-52-48(36-43)55-46-21-8-7-16-38(46)30-34-53(55)59-52)50-26-13-27-51-56(50)47-22-9-10-25-49(47)58(51)41-19-5-2-6-20-41/h1-36H. The third kappa shape index (κ3) is 5.29. The molecule has 3 heteroatoms. The lowest BCUT2D eigenvalue weighted by atomic mass is 9.91. The van der Waals surface area contributed by atoms with Crippen molar-refractivity contribution in [3.05, 3.63) is 218 Å². The van der Waals surface area contributed by atoms with Gasteiger partial charge in [0.05, 0.1) is 16.7 Å². The highest BCUT2D eigenvalue weighted by Gasteiger charge is 2.23. The van der Waals surface area contributed by atoms with Crippen LogP contribution in [0.15, 0.2) is 223 Å². The average molecular weight is 753 g/mol. The number of para-hydroxylation sites is 2. The molecule has 2 heterocycles. The summed E-state index contributed by atoms with van der Waals surface area (Å²) in [5.74, 6) is 0. The fourth-order valence-electron chi connectivity index (χ4n) is 9.37. The molecule has 0 unspecified atom stereocenters. The van der Waals surface area contributed by atoms with Gasteiger partial charge in [0.2, 0.25) is 0 Å². The highest BCUT2D eigenvalue weighted by molar-refractivity contribution is 6.20. The molecule has 0 N–H and O–H groups in total. The quantitative estimate of drug-likeness (QED) is 0.169. The summed E-state index contributed by atoms with van der Waals surface area (Å²) in [5.41, 5.74) is 13.3. The van der Waals surface area contributed by atoms with Gasteiger partial charge in [-0.15, -0.1) is 0 Å². The van der Waals surface area contributed by atoms with Gasteiger partial charge in [0.25, 0.3) is 0 Å². The van der Waals surface area contributed by atoms with E-state index < -0.39 is 0 Å². The van der Waals surface area contributed by atoms with Gasteiger partial charge in [-0.2, -0.15) is 0 Å². The maximum Gasteiger partial charge on any atom is 0.136 e. The third-order valence-corrected chi connectivity index (χ3v) is 12.0. The summed E-state index contributed by atoms with van der Waals surface area (Å²) in [6, 6.07) is 78.7. The Bertz CT molecular complexity index is 3540. The molecule has 2 aromatic heterocycles. The number of furan rings is 1.